The third-order valence-corrected chi connectivity index (χ3v) is 2.78. The molecule has 2 rings (SSSR count). The standard InChI is InChI=1S/C12H14N2O2/c1-3-8(2)9-4-6-10(7-5-9)11-13-14-12(15)16-11/h4-8H,3H2,1-2H3,(H,14,15). The van der Waals surface area contributed by atoms with Crippen LogP contribution in [-0.2, 0) is 0 Å². The van der Waals surface area contributed by atoms with Gasteiger partial charge in [-0.1, -0.05) is 26.0 Å². The number of nitrogens with one attached hydrogen (secondary N) is 1. The Hall–Kier alpha value is -1.84. The molecule has 0 saturated carbocycles. The third kappa shape index (κ3) is 2.05. The molecular formula is C12H14N2O2. The second-order valence-corrected chi connectivity index (χ2v) is 3.85. The summed E-state index contributed by atoms with van der Waals surface area (Å²) in [5, 5.41) is 6.02. The number of aromatic amines is 1. The molecule has 1 aromatic heterocycles. The van der Waals surface area contributed by atoms with Gasteiger partial charge >= 0.3 is 5.76 Å². The van der Waals surface area contributed by atoms with Crippen LogP contribution in [0.15, 0.2) is 33.5 Å². The van der Waals surface area contributed by atoms with Gasteiger partial charge in [0, 0.05) is 5.56 Å². The SMILES string of the molecule is CCC(C)c1ccc(-c2n[nH]c(=O)o2)cc1. The Labute approximate surface area is 93.3 Å². The van der Waals surface area contributed by atoms with E-state index in [1.54, 1.807) is 0 Å². The van der Waals surface area contributed by atoms with Crippen molar-refractivity contribution < 1.29 is 4.42 Å². The van der Waals surface area contributed by atoms with Crippen LogP contribution in [-0.4, -0.2) is 10.2 Å². The summed E-state index contributed by atoms with van der Waals surface area (Å²) in [6.45, 7) is 4.34. The van der Waals surface area contributed by atoms with E-state index < -0.39 is 5.76 Å². The number of H-pyrrole nitrogens is 1. The van der Waals surface area contributed by atoms with E-state index in [1.807, 2.05) is 24.3 Å². The molecule has 1 N–H and O–H groups in total. The van der Waals surface area contributed by atoms with E-state index in [4.69, 9.17) is 4.42 Å². The zero-order chi connectivity index (χ0) is 11.5. The molecule has 1 atom stereocenters. The van der Waals surface area contributed by atoms with Crippen LogP contribution in [0.1, 0.15) is 31.7 Å². The molecule has 0 saturated heterocycles. The lowest BCUT2D eigenvalue weighted by atomic mass is 9.98. The number of hydrogen-bond donors (Lipinski definition) is 1. The normalized spacial score (nSPS) is 12.6. The van der Waals surface area contributed by atoms with Gasteiger partial charge in [-0.25, -0.2) is 9.89 Å². The topological polar surface area (TPSA) is 58.9 Å². The van der Waals surface area contributed by atoms with Crippen molar-refractivity contribution >= 4 is 0 Å². The second-order valence-electron chi connectivity index (χ2n) is 3.85. The molecule has 0 aliphatic heterocycles. The summed E-state index contributed by atoms with van der Waals surface area (Å²) >= 11 is 0. The van der Waals surface area contributed by atoms with Crippen LogP contribution in [0.3, 0.4) is 0 Å². The van der Waals surface area contributed by atoms with Crippen molar-refractivity contribution in [3.8, 4) is 11.5 Å². The fourth-order valence-corrected chi connectivity index (χ4v) is 1.54. The highest BCUT2D eigenvalue weighted by molar-refractivity contribution is 5.52. The average Bonchev–Trinajstić information content (AvgIpc) is 2.75. The lowest BCUT2D eigenvalue weighted by Gasteiger charge is -2.08. The predicted molar refractivity (Wildman–Crippen MR) is 61.3 cm³/mol. The van der Waals surface area contributed by atoms with Crippen molar-refractivity contribution in [3.05, 3.63) is 40.4 Å². The second kappa shape index (κ2) is 4.35. The van der Waals surface area contributed by atoms with Gasteiger partial charge in [0.1, 0.15) is 0 Å². The molecule has 0 spiro atoms. The summed E-state index contributed by atoms with van der Waals surface area (Å²) in [4.78, 5) is 10.8. The number of hydrogen-bond acceptors (Lipinski definition) is 3. The Morgan fingerprint density at radius 1 is 1.38 bits per heavy atom. The molecule has 0 aliphatic rings. The number of nitrogens with zero attached hydrogens (tertiary/aromatic N) is 1. The third-order valence-electron chi connectivity index (χ3n) is 2.78. The van der Waals surface area contributed by atoms with Crippen LogP contribution >= 0.6 is 0 Å². The van der Waals surface area contributed by atoms with E-state index in [2.05, 4.69) is 24.0 Å². The molecule has 0 amide bonds. The molecule has 16 heavy (non-hydrogen) atoms. The fraction of sp³-hybridized carbons (Fsp3) is 0.333. The number of benzene rings is 1. The fourth-order valence-electron chi connectivity index (χ4n) is 1.54. The van der Waals surface area contributed by atoms with Crippen LogP contribution in [0.5, 0.6) is 0 Å². The Morgan fingerprint density at radius 2 is 2.06 bits per heavy atom. The summed E-state index contributed by atoms with van der Waals surface area (Å²) in [7, 11) is 0. The Morgan fingerprint density at radius 3 is 2.56 bits per heavy atom. The van der Waals surface area contributed by atoms with E-state index in [-0.39, 0.29) is 0 Å². The molecule has 2 aromatic rings. The molecule has 0 fully saturated rings. The van der Waals surface area contributed by atoms with Crippen molar-refractivity contribution in [3.63, 3.8) is 0 Å². The first-order chi connectivity index (χ1) is 7.70. The quantitative estimate of drug-likeness (QED) is 0.861. The lowest BCUT2D eigenvalue weighted by molar-refractivity contribution is 0.527. The van der Waals surface area contributed by atoms with Crippen LogP contribution in [0, 0.1) is 0 Å². The summed E-state index contributed by atoms with van der Waals surface area (Å²) in [5.74, 6) is 0.349. The van der Waals surface area contributed by atoms with Crippen LogP contribution < -0.4 is 5.76 Å². The monoisotopic (exact) mass is 218 g/mol. The van der Waals surface area contributed by atoms with Gasteiger partial charge in [0.2, 0.25) is 5.89 Å². The van der Waals surface area contributed by atoms with Gasteiger partial charge in [-0.2, -0.15) is 0 Å². The molecule has 0 radical (unpaired) electrons. The van der Waals surface area contributed by atoms with Crippen LogP contribution in [0.2, 0.25) is 0 Å². The molecule has 1 unspecified atom stereocenters. The van der Waals surface area contributed by atoms with Gasteiger partial charge in [0.05, 0.1) is 0 Å². The van der Waals surface area contributed by atoms with Crippen LogP contribution in [0.4, 0.5) is 0 Å². The maximum atomic E-state index is 10.8. The van der Waals surface area contributed by atoms with Gasteiger partial charge in [0.15, 0.2) is 0 Å². The van der Waals surface area contributed by atoms with Crippen molar-refractivity contribution in [2.75, 3.05) is 0 Å². The Balaban J connectivity index is 2.29. The minimum atomic E-state index is -0.527. The van der Waals surface area contributed by atoms with E-state index in [9.17, 15) is 4.79 Å². The maximum Gasteiger partial charge on any atom is 0.434 e. The van der Waals surface area contributed by atoms with Gasteiger partial charge in [-0.3, -0.25) is 0 Å². The highest BCUT2D eigenvalue weighted by Gasteiger charge is 2.06. The Bertz CT molecular complexity index is 510. The largest absolute Gasteiger partial charge is 0.434 e. The molecule has 4 nitrogen and oxygen atoms in total. The van der Waals surface area contributed by atoms with E-state index >= 15 is 0 Å². The predicted octanol–water partition coefficient (Wildman–Crippen LogP) is 2.54. The first-order valence-electron chi connectivity index (χ1n) is 5.36. The summed E-state index contributed by atoms with van der Waals surface area (Å²) in [5.41, 5.74) is 2.09. The van der Waals surface area contributed by atoms with Gasteiger partial charge in [0.25, 0.3) is 0 Å². The summed E-state index contributed by atoms with van der Waals surface area (Å²) in [6, 6.07) is 7.91. The number of rotatable bonds is 3. The molecule has 1 aromatic carbocycles. The highest BCUT2D eigenvalue weighted by atomic mass is 16.4. The van der Waals surface area contributed by atoms with Gasteiger partial charge < -0.3 is 4.42 Å². The molecule has 84 valence electrons. The van der Waals surface area contributed by atoms with Gasteiger partial charge in [-0.15, -0.1) is 5.10 Å². The zero-order valence-corrected chi connectivity index (χ0v) is 9.36. The first kappa shape index (κ1) is 10.7. The van der Waals surface area contributed by atoms with E-state index in [0.29, 0.717) is 11.8 Å². The van der Waals surface area contributed by atoms with Crippen molar-refractivity contribution in [1.82, 2.24) is 10.2 Å². The molecule has 0 aliphatic carbocycles. The van der Waals surface area contributed by atoms with E-state index in [1.165, 1.54) is 5.56 Å². The molecule has 0 bridgehead atoms. The smallest absolute Gasteiger partial charge is 0.388 e. The van der Waals surface area contributed by atoms with Gasteiger partial charge in [-0.05, 0) is 30.0 Å². The molecular weight excluding hydrogens is 204 g/mol. The van der Waals surface area contributed by atoms with E-state index in [0.717, 1.165) is 12.0 Å². The first-order valence-corrected chi connectivity index (χ1v) is 5.36. The lowest BCUT2D eigenvalue weighted by Crippen LogP contribution is -1.93. The maximum absolute atomic E-state index is 10.8. The van der Waals surface area contributed by atoms with Crippen molar-refractivity contribution in [2.24, 2.45) is 0 Å². The summed E-state index contributed by atoms with van der Waals surface area (Å²) in [6.07, 6.45) is 1.11. The van der Waals surface area contributed by atoms with Crippen molar-refractivity contribution in [1.29, 1.82) is 0 Å². The minimum Gasteiger partial charge on any atom is -0.388 e. The highest BCUT2D eigenvalue weighted by Crippen LogP contribution is 2.22. The minimum absolute atomic E-state index is 0.334. The van der Waals surface area contributed by atoms with Crippen molar-refractivity contribution in [2.45, 2.75) is 26.2 Å². The van der Waals surface area contributed by atoms with Crippen LogP contribution in [0.25, 0.3) is 11.5 Å². The number of aromatic nitrogens is 2. The zero-order valence-electron chi connectivity index (χ0n) is 9.36. The average molecular weight is 218 g/mol. The molecule has 4 heteroatoms. The summed E-state index contributed by atoms with van der Waals surface area (Å²) < 4.78 is 4.87. The molecule has 1 heterocycles. The Kier molecular flexibility index (Phi) is 2.90.